The van der Waals surface area contributed by atoms with E-state index < -0.39 is 17.3 Å². The molecule has 0 saturated carbocycles. The van der Waals surface area contributed by atoms with Gasteiger partial charge in [-0.2, -0.15) is 0 Å². The summed E-state index contributed by atoms with van der Waals surface area (Å²) >= 11 is 0. The molecule has 2 amide bonds. The maximum atomic E-state index is 14.0. The van der Waals surface area contributed by atoms with Crippen LogP contribution in [-0.2, 0) is 4.74 Å². The summed E-state index contributed by atoms with van der Waals surface area (Å²) in [7, 11) is 1.40. The Morgan fingerprint density at radius 3 is 2.42 bits per heavy atom. The van der Waals surface area contributed by atoms with E-state index in [0.29, 0.717) is 25.9 Å². The van der Waals surface area contributed by atoms with Crippen molar-refractivity contribution in [3.05, 3.63) is 23.5 Å². The highest BCUT2D eigenvalue weighted by molar-refractivity contribution is 5.95. The van der Waals surface area contributed by atoms with Gasteiger partial charge in [0.25, 0.3) is 5.91 Å². The van der Waals surface area contributed by atoms with Gasteiger partial charge in [0.15, 0.2) is 0 Å². The number of hydrogen-bond donors (Lipinski definition) is 2. The first-order valence-electron chi connectivity index (χ1n) is 8.52. The van der Waals surface area contributed by atoms with Crippen LogP contribution < -0.4 is 15.8 Å². The molecule has 1 aliphatic heterocycles. The van der Waals surface area contributed by atoms with E-state index in [-0.39, 0.29) is 29.1 Å². The van der Waals surface area contributed by atoms with Crippen molar-refractivity contribution in [3.63, 3.8) is 0 Å². The van der Waals surface area contributed by atoms with Gasteiger partial charge in [0.2, 0.25) is 0 Å². The normalized spacial score (nSPS) is 15.5. The van der Waals surface area contributed by atoms with Gasteiger partial charge in [0, 0.05) is 25.2 Å². The van der Waals surface area contributed by atoms with Crippen LogP contribution in [0.2, 0.25) is 0 Å². The molecule has 1 heterocycles. The Labute approximate surface area is 152 Å². The van der Waals surface area contributed by atoms with E-state index in [0.717, 1.165) is 6.07 Å². The first-order chi connectivity index (χ1) is 12.1. The number of benzene rings is 1. The van der Waals surface area contributed by atoms with E-state index in [1.807, 2.05) is 20.8 Å². The van der Waals surface area contributed by atoms with Crippen molar-refractivity contribution in [2.24, 2.45) is 0 Å². The summed E-state index contributed by atoms with van der Waals surface area (Å²) in [5.41, 5.74) is 5.09. The number of nitrogens with zero attached hydrogens (tertiary/aromatic N) is 1. The lowest BCUT2D eigenvalue weighted by molar-refractivity contribution is 0.0199. The maximum absolute atomic E-state index is 14.0. The van der Waals surface area contributed by atoms with Gasteiger partial charge in [-0.3, -0.25) is 4.79 Å². The van der Waals surface area contributed by atoms with Crippen molar-refractivity contribution in [1.82, 2.24) is 10.2 Å². The summed E-state index contributed by atoms with van der Waals surface area (Å²) in [6.07, 6.45) is 0.772. The van der Waals surface area contributed by atoms with Crippen LogP contribution in [0, 0.1) is 5.82 Å². The van der Waals surface area contributed by atoms with Crippen LogP contribution in [0.25, 0.3) is 0 Å². The zero-order chi connectivity index (χ0) is 19.5. The van der Waals surface area contributed by atoms with Crippen molar-refractivity contribution in [1.29, 1.82) is 0 Å². The van der Waals surface area contributed by atoms with E-state index in [2.05, 4.69) is 5.32 Å². The summed E-state index contributed by atoms with van der Waals surface area (Å²) < 4.78 is 24.4. The standard InChI is InChI=1S/C18H26FN3O4/c1-18(2,3)26-17(24)22-7-5-11(6-8-22)21-16(23)12-9-15(25-4)14(20)10-13(12)19/h9-11H,5-8,20H2,1-4H3,(H,21,23). The van der Waals surface area contributed by atoms with E-state index in [4.69, 9.17) is 15.2 Å². The van der Waals surface area contributed by atoms with Crippen LogP contribution in [0.3, 0.4) is 0 Å². The van der Waals surface area contributed by atoms with Gasteiger partial charge in [-0.05, 0) is 39.7 Å². The Morgan fingerprint density at radius 1 is 1.27 bits per heavy atom. The summed E-state index contributed by atoms with van der Waals surface area (Å²) in [6.45, 7) is 6.37. The molecule has 1 aromatic rings. The van der Waals surface area contributed by atoms with Crippen LogP contribution in [0.15, 0.2) is 12.1 Å². The molecule has 1 saturated heterocycles. The molecular weight excluding hydrogens is 341 g/mol. The highest BCUT2D eigenvalue weighted by Gasteiger charge is 2.28. The number of amides is 2. The van der Waals surface area contributed by atoms with Crippen molar-refractivity contribution in [3.8, 4) is 5.75 Å². The van der Waals surface area contributed by atoms with Crippen LogP contribution in [0.1, 0.15) is 44.0 Å². The van der Waals surface area contributed by atoms with Crippen molar-refractivity contribution in [2.45, 2.75) is 45.3 Å². The Balaban J connectivity index is 1.93. The lowest BCUT2D eigenvalue weighted by Gasteiger charge is -2.33. The molecule has 8 heteroatoms. The SMILES string of the molecule is COc1cc(C(=O)NC2CCN(C(=O)OC(C)(C)C)CC2)c(F)cc1N. The summed E-state index contributed by atoms with van der Waals surface area (Å²) in [5.74, 6) is -0.986. The summed E-state index contributed by atoms with van der Waals surface area (Å²) in [6, 6.07) is 2.21. The molecule has 0 aliphatic carbocycles. The van der Waals surface area contributed by atoms with Gasteiger partial charge in [0.05, 0.1) is 18.4 Å². The molecule has 26 heavy (non-hydrogen) atoms. The number of rotatable bonds is 3. The Bertz CT molecular complexity index is 680. The van der Waals surface area contributed by atoms with Crippen LogP contribution >= 0.6 is 0 Å². The molecule has 7 nitrogen and oxygen atoms in total. The zero-order valence-electron chi connectivity index (χ0n) is 15.6. The summed E-state index contributed by atoms with van der Waals surface area (Å²) in [4.78, 5) is 26.0. The topological polar surface area (TPSA) is 93.9 Å². The third-order valence-corrected chi connectivity index (χ3v) is 4.05. The summed E-state index contributed by atoms with van der Waals surface area (Å²) in [5, 5.41) is 2.80. The van der Waals surface area contributed by atoms with Gasteiger partial charge in [-0.1, -0.05) is 0 Å². The molecule has 0 spiro atoms. The molecule has 1 aromatic carbocycles. The van der Waals surface area contributed by atoms with E-state index in [1.54, 1.807) is 4.90 Å². The molecule has 1 fully saturated rings. The second-order valence-corrected chi connectivity index (χ2v) is 7.29. The second kappa shape index (κ2) is 7.80. The van der Waals surface area contributed by atoms with Gasteiger partial charge in [0.1, 0.15) is 17.2 Å². The fourth-order valence-corrected chi connectivity index (χ4v) is 2.72. The molecule has 3 N–H and O–H groups in total. The predicted octanol–water partition coefficient (Wildman–Crippen LogP) is 2.55. The number of nitrogen functional groups attached to an aromatic ring is 1. The lowest BCUT2D eigenvalue weighted by Crippen LogP contribution is -2.47. The average Bonchev–Trinajstić information content (AvgIpc) is 2.54. The second-order valence-electron chi connectivity index (χ2n) is 7.29. The van der Waals surface area contributed by atoms with Crippen LogP contribution in [0.5, 0.6) is 5.75 Å². The van der Waals surface area contributed by atoms with Crippen LogP contribution in [-0.4, -0.2) is 48.7 Å². The first-order valence-corrected chi connectivity index (χ1v) is 8.52. The molecule has 2 rings (SSSR count). The number of ether oxygens (including phenoxy) is 2. The Kier molecular flexibility index (Phi) is 5.94. The maximum Gasteiger partial charge on any atom is 0.410 e. The predicted molar refractivity (Wildman–Crippen MR) is 95.7 cm³/mol. The highest BCUT2D eigenvalue weighted by Crippen LogP contribution is 2.25. The number of methoxy groups -OCH3 is 1. The van der Waals surface area contributed by atoms with Crippen molar-refractivity contribution in [2.75, 3.05) is 25.9 Å². The lowest BCUT2D eigenvalue weighted by atomic mass is 10.0. The fourth-order valence-electron chi connectivity index (χ4n) is 2.72. The van der Waals surface area contributed by atoms with E-state index in [1.165, 1.54) is 13.2 Å². The average molecular weight is 367 g/mol. The third-order valence-electron chi connectivity index (χ3n) is 4.05. The molecule has 0 bridgehead atoms. The number of halogens is 1. The monoisotopic (exact) mass is 367 g/mol. The Hall–Kier alpha value is -2.51. The molecule has 0 aromatic heterocycles. The van der Waals surface area contributed by atoms with E-state index >= 15 is 0 Å². The molecule has 1 aliphatic rings. The highest BCUT2D eigenvalue weighted by atomic mass is 19.1. The number of nitrogens with two attached hydrogens (primary N) is 1. The minimum Gasteiger partial charge on any atom is -0.495 e. The number of carbonyl (C=O) groups excluding carboxylic acids is 2. The van der Waals surface area contributed by atoms with Crippen molar-refractivity contribution < 1.29 is 23.5 Å². The quantitative estimate of drug-likeness (QED) is 0.801. The molecule has 0 radical (unpaired) electrons. The van der Waals surface area contributed by atoms with E-state index in [9.17, 15) is 14.0 Å². The number of nitrogens with one attached hydrogen (secondary N) is 1. The number of likely N-dealkylation sites (tertiary alicyclic amines) is 1. The van der Waals surface area contributed by atoms with Gasteiger partial charge < -0.3 is 25.4 Å². The Morgan fingerprint density at radius 2 is 1.88 bits per heavy atom. The third kappa shape index (κ3) is 5.00. The van der Waals surface area contributed by atoms with Crippen molar-refractivity contribution >= 4 is 17.7 Å². The number of piperidine rings is 1. The van der Waals surface area contributed by atoms with Gasteiger partial charge in [-0.15, -0.1) is 0 Å². The van der Waals surface area contributed by atoms with Gasteiger partial charge >= 0.3 is 6.09 Å². The zero-order valence-corrected chi connectivity index (χ0v) is 15.6. The number of hydrogen-bond acceptors (Lipinski definition) is 5. The first kappa shape index (κ1) is 19.8. The largest absolute Gasteiger partial charge is 0.495 e. The van der Waals surface area contributed by atoms with Gasteiger partial charge in [-0.25, -0.2) is 9.18 Å². The minimum absolute atomic E-state index is 0.120. The minimum atomic E-state index is -0.702. The molecule has 0 atom stereocenters. The van der Waals surface area contributed by atoms with Crippen LogP contribution in [0.4, 0.5) is 14.9 Å². The molecule has 144 valence electrons. The smallest absolute Gasteiger partial charge is 0.410 e. The fraction of sp³-hybridized carbons (Fsp3) is 0.556. The number of anilines is 1. The molecular formula is C18H26FN3O4. The number of carbonyl (C=O) groups is 2. The molecule has 0 unspecified atom stereocenters.